The van der Waals surface area contributed by atoms with Gasteiger partial charge >= 0.3 is 5.97 Å². The molecule has 3 aromatic rings. The number of aryl methyl sites for hydroxylation is 1. The zero-order chi connectivity index (χ0) is 24.8. The van der Waals surface area contributed by atoms with Crippen molar-refractivity contribution < 1.29 is 20.1 Å². The topological polar surface area (TPSA) is 81.0 Å². The van der Waals surface area contributed by atoms with E-state index in [1.165, 1.54) is 0 Å². The first-order valence-corrected chi connectivity index (χ1v) is 12.5. The minimum Gasteiger partial charge on any atom is -0.478 e. The van der Waals surface area contributed by atoms with E-state index in [0.717, 1.165) is 61.2 Å². The minimum absolute atomic E-state index is 0.129. The van der Waals surface area contributed by atoms with E-state index in [9.17, 15) is 15.0 Å². The van der Waals surface area contributed by atoms with Gasteiger partial charge in [0.25, 0.3) is 0 Å². The van der Waals surface area contributed by atoms with Crippen molar-refractivity contribution in [3.63, 3.8) is 0 Å². The number of carboxylic acids is 1. The third kappa shape index (κ3) is 5.64. The van der Waals surface area contributed by atoms with Crippen LogP contribution < -0.4 is 0 Å². The van der Waals surface area contributed by atoms with Crippen LogP contribution in [-0.2, 0) is 5.60 Å². The number of carboxylic acid groups (broad SMARTS) is 1. The molecule has 0 spiro atoms. The summed E-state index contributed by atoms with van der Waals surface area (Å²) in [5, 5.41) is 31.8. The zero-order valence-corrected chi connectivity index (χ0v) is 20.3. The highest BCUT2D eigenvalue weighted by Gasteiger charge is 2.41. The van der Waals surface area contributed by atoms with E-state index < -0.39 is 17.7 Å². The maximum absolute atomic E-state index is 12.0. The molecule has 1 aliphatic heterocycles. The molecule has 4 rings (SSSR count). The van der Waals surface area contributed by atoms with Crippen molar-refractivity contribution in [2.24, 2.45) is 5.92 Å². The summed E-state index contributed by atoms with van der Waals surface area (Å²) in [6, 6.07) is 24.9. The largest absolute Gasteiger partial charge is 0.478 e. The lowest BCUT2D eigenvalue weighted by Gasteiger charge is -2.42. The number of hydrogen-bond donors (Lipinski definition) is 3. The molecule has 1 saturated heterocycles. The molecule has 0 radical (unpaired) electrons. The second-order valence-electron chi connectivity index (χ2n) is 9.65. The molecule has 0 aliphatic carbocycles. The number of aromatic carboxylic acids is 1. The molecule has 1 aliphatic rings. The van der Waals surface area contributed by atoms with E-state index in [1.807, 2.05) is 67.6 Å². The molecule has 35 heavy (non-hydrogen) atoms. The SMILES string of the molecule is Cc1cc(C(=O)O)ccc1C(O)CCCN1CCC(C(O)(c2ccccc2)c2ccccc2)CC1. The highest BCUT2D eigenvalue weighted by atomic mass is 16.4. The van der Waals surface area contributed by atoms with Gasteiger partial charge in [-0.2, -0.15) is 0 Å². The number of carbonyl (C=O) groups is 1. The van der Waals surface area contributed by atoms with E-state index in [2.05, 4.69) is 4.90 Å². The molecular formula is C30H35NO4. The minimum atomic E-state index is -1.01. The molecule has 3 N–H and O–H groups in total. The van der Waals surface area contributed by atoms with Crippen LogP contribution in [-0.4, -0.2) is 45.8 Å². The van der Waals surface area contributed by atoms with Crippen molar-refractivity contribution in [3.05, 3.63) is 107 Å². The normalized spacial score (nSPS) is 16.2. The highest BCUT2D eigenvalue weighted by Crippen LogP contribution is 2.42. The van der Waals surface area contributed by atoms with Gasteiger partial charge in [0.1, 0.15) is 5.60 Å². The Kier molecular flexibility index (Phi) is 8.01. The molecule has 0 aromatic heterocycles. The lowest BCUT2D eigenvalue weighted by Crippen LogP contribution is -2.44. The third-order valence-electron chi connectivity index (χ3n) is 7.43. The summed E-state index contributed by atoms with van der Waals surface area (Å²) in [4.78, 5) is 13.6. The van der Waals surface area contributed by atoms with Crippen LogP contribution in [0.5, 0.6) is 0 Å². The molecule has 184 valence electrons. The lowest BCUT2D eigenvalue weighted by atomic mass is 9.72. The van der Waals surface area contributed by atoms with Crippen LogP contribution in [0.4, 0.5) is 0 Å². The summed E-state index contributed by atoms with van der Waals surface area (Å²) in [5.41, 5.74) is 2.72. The van der Waals surface area contributed by atoms with Gasteiger partial charge in [0, 0.05) is 0 Å². The Bertz CT molecular complexity index is 1070. The molecule has 3 aromatic carbocycles. The Morgan fingerprint density at radius 1 is 0.971 bits per heavy atom. The number of piperidine rings is 1. The standard InChI is InChI=1S/C30H35NO4/c1-22-21-23(29(33)34)14-15-27(22)28(32)13-8-18-31-19-16-26(17-20-31)30(35,24-9-4-2-5-10-24)25-11-6-3-7-12-25/h2-7,9-12,14-15,21,26,28,32,35H,8,13,16-20H2,1H3,(H,33,34). The van der Waals surface area contributed by atoms with Crippen molar-refractivity contribution in [2.45, 2.75) is 44.3 Å². The zero-order valence-electron chi connectivity index (χ0n) is 20.3. The number of benzene rings is 3. The fourth-order valence-electron chi connectivity index (χ4n) is 5.44. The first-order valence-electron chi connectivity index (χ1n) is 12.5. The second kappa shape index (κ2) is 11.2. The van der Waals surface area contributed by atoms with Gasteiger partial charge in [-0.3, -0.25) is 0 Å². The predicted octanol–water partition coefficient (Wildman–Crippen LogP) is 5.15. The fourth-order valence-corrected chi connectivity index (χ4v) is 5.44. The van der Waals surface area contributed by atoms with Crippen LogP contribution in [0, 0.1) is 12.8 Å². The molecular weight excluding hydrogens is 438 g/mol. The van der Waals surface area contributed by atoms with Crippen LogP contribution >= 0.6 is 0 Å². The summed E-state index contributed by atoms with van der Waals surface area (Å²) in [6.07, 6.45) is 2.69. The number of hydrogen-bond acceptors (Lipinski definition) is 4. The number of aliphatic hydroxyl groups is 2. The van der Waals surface area contributed by atoms with Crippen molar-refractivity contribution in [2.75, 3.05) is 19.6 Å². The molecule has 1 unspecified atom stereocenters. The third-order valence-corrected chi connectivity index (χ3v) is 7.43. The first kappa shape index (κ1) is 25.1. The molecule has 5 heteroatoms. The summed E-state index contributed by atoms with van der Waals surface area (Å²) in [7, 11) is 0. The van der Waals surface area contributed by atoms with Gasteiger partial charge in [0.15, 0.2) is 0 Å². The Morgan fingerprint density at radius 2 is 1.54 bits per heavy atom. The Hall–Kier alpha value is -2.99. The van der Waals surface area contributed by atoms with Gasteiger partial charge in [-0.05, 0) is 92.5 Å². The van der Waals surface area contributed by atoms with Gasteiger partial charge in [0.2, 0.25) is 0 Å². The first-order chi connectivity index (χ1) is 16.9. The van der Waals surface area contributed by atoms with Crippen molar-refractivity contribution in [3.8, 4) is 0 Å². The van der Waals surface area contributed by atoms with Gasteiger partial charge < -0.3 is 20.2 Å². The average molecular weight is 474 g/mol. The summed E-state index contributed by atoms with van der Waals surface area (Å²) in [6.45, 7) is 4.56. The molecule has 0 bridgehead atoms. The van der Waals surface area contributed by atoms with E-state index in [0.29, 0.717) is 6.42 Å². The fraction of sp³-hybridized carbons (Fsp3) is 0.367. The maximum atomic E-state index is 12.0. The van der Waals surface area contributed by atoms with Gasteiger partial charge in [-0.15, -0.1) is 0 Å². The smallest absolute Gasteiger partial charge is 0.335 e. The summed E-state index contributed by atoms with van der Waals surface area (Å²) < 4.78 is 0. The van der Waals surface area contributed by atoms with Crippen LogP contribution in [0.15, 0.2) is 78.9 Å². The number of nitrogens with zero attached hydrogens (tertiary/aromatic N) is 1. The van der Waals surface area contributed by atoms with Gasteiger partial charge in [-0.25, -0.2) is 4.79 Å². The molecule has 0 amide bonds. The van der Waals surface area contributed by atoms with Crippen LogP contribution in [0.2, 0.25) is 0 Å². The second-order valence-corrected chi connectivity index (χ2v) is 9.65. The van der Waals surface area contributed by atoms with Crippen molar-refractivity contribution >= 4 is 5.97 Å². The number of rotatable bonds is 9. The highest BCUT2D eigenvalue weighted by molar-refractivity contribution is 5.87. The molecule has 5 nitrogen and oxygen atoms in total. The maximum Gasteiger partial charge on any atom is 0.335 e. The summed E-state index contributed by atoms with van der Waals surface area (Å²) >= 11 is 0. The van der Waals surface area contributed by atoms with E-state index in [4.69, 9.17) is 5.11 Å². The van der Waals surface area contributed by atoms with Crippen LogP contribution in [0.1, 0.15) is 64.4 Å². The van der Waals surface area contributed by atoms with Crippen molar-refractivity contribution in [1.29, 1.82) is 0 Å². The molecule has 1 atom stereocenters. The predicted molar refractivity (Wildman–Crippen MR) is 137 cm³/mol. The van der Waals surface area contributed by atoms with E-state index in [-0.39, 0.29) is 11.5 Å². The molecule has 1 heterocycles. The monoisotopic (exact) mass is 473 g/mol. The van der Waals surface area contributed by atoms with E-state index >= 15 is 0 Å². The Labute approximate surface area is 207 Å². The molecule has 0 saturated carbocycles. The van der Waals surface area contributed by atoms with Crippen molar-refractivity contribution in [1.82, 2.24) is 4.90 Å². The number of likely N-dealkylation sites (tertiary alicyclic amines) is 1. The average Bonchev–Trinajstić information content (AvgIpc) is 2.89. The van der Waals surface area contributed by atoms with E-state index in [1.54, 1.807) is 18.2 Å². The van der Waals surface area contributed by atoms with Gasteiger partial charge in [0.05, 0.1) is 11.7 Å². The van der Waals surface area contributed by atoms with Crippen LogP contribution in [0.3, 0.4) is 0 Å². The molecule has 1 fully saturated rings. The Morgan fingerprint density at radius 3 is 2.06 bits per heavy atom. The lowest BCUT2D eigenvalue weighted by molar-refractivity contribution is -0.0146. The number of aliphatic hydroxyl groups excluding tert-OH is 1. The quantitative estimate of drug-likeness (QED) is 0.400. The van der Waals surface area contributed by atoms with Crippen LogP contribution in [0.25, 0.3) is 0 Å². The summed E-state index contributed by atoms with van der Waals surface area (Å²) in [5.74, 6) is -0.825. The van der Waals surface area contributed by atoms with Gasteiger partial charge in [-0.1, -0.05) is 66.7 Å². The Balaban J connectivity index is 1.34.